The van der Waals surface area contributed by atoms with Crippen LogP contribution in [0, 0.1) is 0 Å². The van der Waals surface area contributed by atoms with Crippen LogP contribution in [-0.4, -0.2) is 19.1 Å². The highest BCUT2D eigenvalue weighted by molar-refractivity contribution is 6.28. The zero-order valence-electron chi connectivity index (χ0n) is 10.6. The number of rotatable bonds is 2. The monoisotopic (exact) mass is 292 g/mol. The van der Waals surface area contributed by atoms with Gasteiger partial charge in [-0.2, -0.15) is 0 Å². The highest BCUT2D eigenvalue weighted by atomic mass is 35.5. The number of nitrogens with one attached hydrogen (secondary N) is 1. The Morgan fingerprint density at radius 3 is 2.90 bits per heavy atom. The lowest BCUT2D eigenvalue weighted by Crippen LogP contribution is -2.24. The van der Waals surface area contributed by atoms with Crippen molar-refractivity contribution in [2.45, 2.75) is 6.04 Å². The Hall–Kier alpha value is -1.98. The Labute approximate surface area is 120 Å². The third-order valence-corrected chi connectivity index (χ3v) is 3.36. The average Bonchev–Trinajstić information content (AvgIpc) is 2.80. The molecule has 0 fully saturated rings. The normalized spacial score (nSPS) is 15.8. The van der Waals surface area contributed by atoms with Gasteiger partial charge in [0.1, 0.15) is 18.1 Å². The minimum absolute atomic E-state index is 0.163. The molecular weight excluding hydrogens is 280 g/mol. The van der Waals surface area contributed by atoms with Gasteiger partial charge in [-0.1, -0.05) is 6.07 Å². The van der Waals surface area contributed by atoms with Crippen LogP contribution in [0.5, 0.6) is 5.75 Å². The van der Waals surface area contributed by atoms with Crippen LogP contribution in [0.4, 0.5) is 0 Å². The van der Waals surface area contributed by atoms with E-state index in [4.69, 9.17) is 26.5 Å². The number of amides is 1. The first-order valence-corrected chi connectivity index (χ1v) is 6.59. The summed E-state index contributed by atoms with van der Waals surface area (Å²) in [6, 6.07) is 8.16. The summed E-state index contributed by atoms with van der Waals surface area (Å²) in [6.45, 7) is 0.945. The Morgan fingerprint density at radius 1 is 1.30 bits per heavy atom. The molecule has 2 heterocycles. The summed E-state index contributed by atoms with van der Waals surface area (Å²) in [5.41, 5.74) is 7.36. The van der Waals surface area contributed by atoms with Crippen LogP contribution in [0.15, 0.2) is 34.7 Å². The van der Waals surface area contributed by atoms with E-state index in [1.165, 1.54) is 0 Å². The van der Waals surface area contributed by atoms with Crippen molar-refractivity contribution >= 4 is 17.5 Å². The highest BCUT2D eigenvalue weighted by Gasteiger charge is 2.20. The maximum Gasteiger partial charge on any atom is 0.255 e. The quantitative estimate of drug-likeness (QED) is 0.888. The van der Waals surface area contributed by atoms with Crippen molar-refractivity contribution < 1.29 is 13.9 Å². The Balaban J connectivity index is 1.97. The lowest BCUT2D eigenvalue weighted by molar-refractivity contribution is 0.0957. The van der Waals surface area contributed by atoms with E-state index in [0.29, 0.717) is 30.2 Å². The number of fused-ring (bicyclic) bond motifs is 1. The standard InChI is InChI=1S/C14H13ClN2O3/c15-12-4-3-11(20-12)13(16)8-1-2-10-9(7-8)14(18)17-5-6-19-10/h1-4,7,13H,5-6,16H2,(H,17,18). The fraction of sp³-hybridized carbons (Fsp3) is 0.214. The van der Waals surface area contributed by atoms with Crippen molar-refractivity contribution in [1.29, 1.82) is 0 Å². The van der Waals surface area contributed by atoms with E-state index in [1.807, 2.05) is 6.07 Å². The molecule has 1 aliphatic rings. The lowest BCUT2D eigenvalue weighted by Gasteiger charge is -2.12. The number of hydrogen-bond acceptors (Lipinski definition) is 4. The molecule has 1 aromatic carbocycles. The van der Waals surface area contributed by atoms with Crippen LogP contribution < -0.4 is 15.8 Å². The van der Waals surface area contributed by atoms with E-state index in [2.05, 4.69) is 5.32 Å². The van der Waals surface area contributed by atoms with Crippen LogP contribution in [0.1, 0.15) is 27.7 Å². The van der Waals surface area contributed by atoms with Gasteiger partial charge in [0.25, 0.3) is 5.91 Å². The largest absolute Gasteiger partial charge is 0.491 e. The number of ether oxygens (including phenoxy) is 1. The van der Waals surface area contributed by atoms with E-state index in [0.717, 1.165) is 5.56 Å². The number of nitrogens with two attached hydrogens (primary N) is 1. The van der Waals surface area contributed by atoms with Gasteiger partial charge in [0.15, 0.2) is 5.22 Å². The van der Waals surface area contributed by atoms with E-state index in [1.54, 1.807) is 24.3 Å². The van der Waals surface area contributed by atoms with E-state index in [-0.39, 0.29) is 11.1 Å². The second kappa shape index (κ2) is 5.19. The fourth-order valence-electron chi connectivity index (χ4n) is 2.12. The Kier molecular flexibility index (Phi) is 3.38. The number of carbonyl (C=O) groups excluding carboxylic acids is 1. The SMILES string of the molecule is NC(c1ccc2c(c1)C(=O)NCCO2)c1ccc(Cl)o1. The van der Waals surface area contributed by atoms with Crippen molar-refractivity contribution in [3.8, 4) is 5.75 Å². The molecule has 5 nitrogen and oxygen atoms in total. The summed E-state index contributed by atoms with van der Waals surface area (Å²) in [7, 11) is 0. The molecule has 0 saturated carbocycles. The van der Waals surface area contributed by atoms with Gasteiger partial charge in [-0.15, -0.1) is 0 Å². The molecule has 3 rings (SSSR count). The smallest absolute Gasteiger partial charge is 0.255 e. The number of hydrogen-bond donors (Lipinski definition) is 2. The molecule has 6 heteroatoms. The van der Waals surface area contributed by atoms with Crippen LogP contribution >= 0.6 is 11.6 Å². The van der Waals surface area contributed by atoms with Crippen LogP contribution in [0.2, 0.25) is 5.22 Å². The predicted molar refractivity (Wildman–Crippen MR) is 74.0 cm³/mol. The summed E-state index contributed by atoms with van der Waals surface area (Å²) >= 11 is 5.75. The van der Waals surface area contributed by atoms with Gasteiger partial charge in [0, 0.05) is 0 Å². The maximum atomic E-state index is 11.9. The molecule has 1 aromatic heterocycles. The minimum Gasteiger partial charge on any atom is -0.491 e. The van der Waals surface area contributed by atoms with Gasteiger partial charge >= 0.3 is 0 Å². The molecule has 0 bridgehead atoms. The Bertz CT molecular complexity index is 654. The molecule has 20 heavy (non-hydrogen) atoms. The van der Waals surface area contributed by atoms with Crippen LogP contribution in [0.3, 0.4) is 0 Å². The first-order valence-electron chi connectivity index (χ1n) is 6.21. The Morgan fingerprint density at radius 2 is 2.15 bits per heavy atom. The molecular formula is C14H13ClN2O3. The first kappa shape index (κ1) is 13.0. The van der Waals surface area contributed by atoms with E-state index < -0.39 is 6.04 Å². The molecule has 1 amide bonds. The molecule has 1 unspecified atom stereocenters. The molecule has 104 valence electrons. The fourth-order valence-corrected chi connectivity index (χ4v) is 2.28. The third kappa shape index (κ3) is 2.37. The summed E-state index contributed by atoms with van der Waals surface area (Å²) in [5.74, 6) is 0.947. The molecule has 3 N–H and O–H groups in total. The molecule has 0 aliphatic carbocycles. The van der Waals surface area contributed by atoms with Crippen LogP contribution in [0.25, 0.3) is 0 Å². The molecule has 1 aliphatic heterocycles. The first-order chi connectivity index (χ1) is 9.65. The van der Waals surface area contributed by atoms with Crippen molar-refractivity contribution in [3.63, 3.8) is 0 Å². The van der Waals surface area contributed by atoms with Crippen LogP contribution in [-0.2, 0) is 0 Å². The number of furan rings is 1. The second-order valence-corrected chi connectivity index (χ2v) is 4.85. The van der Waals surface area contributed by atoms with Gasteiger partial charge in [0.05, 0.1) is 18.2 Å². The third-order valence-electron chi connectivity index (χ3n) is 3.15. The van der Waals surface area contributed by atoms with Gasteiger partial charge in [0.2, 0.25) is 0 Å². The van der Waals surface area contributed by atoms with E-state index in [9.17, 15) is 4.79 Å². The molecule has 1 atom stereocenters. The summed E-state index contributed by atoms with van der Waals surface area (Å²) in [6.07, 6.45) is 0. The van der Waals surface area contributed by atoms with Gasteiger partial charge in [-0.3, -0.25) is 4.79 Å². The maximum absolute atomic E-state index is 11.9. The average molecular weight is 293 g/mol. The second-order valence-electron chi connectivity index (χ2n) is 4.48. The summed E-state index contributed by atoms with van der Waals surface area (Å²) < 4.78 is 10.8. The van der Waals surface area contributed by atoms with Crippen molar-refractivity contribution in [3.05, 3.63) is 52.4 Å². The number of carbonyl (C=O) groups is 1. The van der Waals surface area contributed by atoms with Crippen molar-refractivity contribution in [1.82, 2.24) is 5.32 Å². The van der Waals surface area contributed by atoms with Gasteiger partial charge < -0.3 is 20.2 Å². The van der Waals surface area contributed by atoms with Crippen molar-refractivity contribution in [2.75, 3.05) is 13.2 Å². The molecule has 2 aromatic rings. The molecule has 0 spiro atoms. The van der Waals surface area contributed by atoms with E-state index >= 15 is 0 Å². The molecule has 0 saturated heterocycles. The highest BCUT2D eigenvalue weighted by Crippen LogP contribution is 2.28. The summed E-state index contributed by atoms with van der Waals surface area (Å²) in [4.78, 5) is 11.9. The molecule has 0 radical (unpaired) electrons. The van der Waals surface area contributed by atoms with Gasteiger partial charge in [-0.05, 0) is 41.4 Å². The predicted octanol–water partition coefficient (Wildman–Crippen LogP) is 2.10. The lowest BCUT2D eigenvalue weighted by atomic mass is 10.0. The minimum atomic E-state index is -0.483. The number of halogens is 1. The topological polar surface area (TPSA) is 77.5 Å². The van der Waals surface area contributed by atoms with Crippen molar-refractivity contribution in [2.24, 2.45) is 5.73 Å². The summed E-state index contributed by atoms with van der Waals surface area (Å²) in [5, 5.41) is 3.05. The van der Waals surface area contributed by atoms with Gasteiger partial charge in [-0.25, -0.2) is 0 Å². The number of benzene rings is 1. The zero-order valence-corrected chi connectivity index (χ0v) is 11.3. The zero-order chi connectivity index (χ0) is 14.1.